The maximum Gasteiger partial charge on any atom is 0.257 e. The highest BCUT2D eigenvalue weighted by Gasteiger charge is 2.34. The van der Waals surface area contributed by atoms with Gasteiger partial charge in [-0.2, -0.15) is 0 Å². The molecule has 0 saturated carbocycles. The normalized spacial score (nSPS) is 20.2. The summed E-state index contributed by atoms with van der Waals surface area (Å²) in [5.74, 6) is -0.252. The summed E-state index contributed by atoms with van der Waals surface area (Å²) in [4.78, 5) is 18.9. The van der Waals surface area contributed by atoms with Crippen molar-refractivity contribution < 1.29 is 24.5 Å². The molecule has 0 radical (unpaired) electrons. The zero-order chi connectivity index (χ0) is 29.5. The van der Waals surface area contributed by atoms with Gasteiger partial charge in [0.05, 0.1) is 30.5 Å². The predicted molar refractivity (Wildman–Crippen MR) is 161 cm³/mol. The molecule has 1 aliphatic heterocycles. The Morgan fingerprint density at radius 1 is 1.00 bits per heavy atom. The molecule has 5 rings (SSSR count). The van der Waals surface area contributed by atoms with E-state index < -0.39 is 12.4 Å². The highest BCUT2D eigenvalue weighted by molar-refractivity contribution is 6.04. The minimum absolute atomic E-state index is 0.0237. The number of carbonyl (C=O) groups excluding carboxylic acids is 1. The van der Waals surface area contributed by atoms with E-state index >= 15 is 0 Å². The molecule has 0 spiro atoms. The number of carbonyl (C=O) groups is 1. The number of benzene rings is 3. The van der Waals surface area contributed by atoms with Crippen LogP contribution in [0.15, 0.2) is 103 Å². The number of hydrogen-bond donors (Lipinski definition) is 3. The number of nitrogens with one attached hydrogen (secondary N) is 1. The number of anilines is 1. The lowest BCUT2D eigenvalue weighted by Gasteiger charge is -2.39. The molecule has 1 saturated heterocycles. The van der Waals surface area contributed by atoms with Crippen LogP contribution >= 0.6 is 0 Å². The second kappa shape index (κ2) is 13.8. The van der Waals surface area contributed by atoms with Crippen molar-refractivity contribution in [1.82, 2.24) is 9.88 Å². The van der Waals surface area contributed by atoms with Crippen LogP contribution in [0.2, 0.25) is 0 Å². The Kier molecular flexibility index (Phi) is 9.74. The fourth-order valence-electron chi connectivity index (χ4n) is 5.15. The van der Waals surface area contributed by atoms with Gasteiger partial charge in [0.2, 0.25) is 0 Å². The Balaban J connectivity index is 1.35. The number of hydrogen-bond acceptors (Lipinski definition) is 7. The highest BCUT2D eigenvalue weighted by atomic mass is 16.7. The standard InChI is InChI=1S/C34H37N3O5/c1-23(32(39)26-8-4-3-5-9-26)37(2)21-30-19-31(25-15-13-24(22-38)14-16-25)42-34(41-30)27-10-6-12-29(18-27)36-33(40)28-11-7-17-35-20-28/h3-18,20,23,30-32,34,38-39H,19,21-22H2,1-2H3,(H,36,40)/t23-,30-,31+,32-,34+/m0/s1. The first kappa shape index (κ1) is 29.6. The van der Waals surface area contributed by atoms with E-state index in [-0.39, 0.29) is 30.8 Å². The van der Waals surface area contributed by atoms with Gasteiger partial charge in [0, 0.05) is 42.7 Å². The van der Waals surface area contributed by atoms with E-state index in [4.69, 9.17) is 9.47 Å². The molecule has 0 aliphatic carbocycles. The quantitative estimate of drug-likeness (QED) is 0.235. The highest BCUT2D eigenvalue weighted by Crippen LogP contribution is 2.39. The predicted octanol–water partition coefficient (Wildman–Crippen LogP) is 5.43. The fraction of sp³-hybridized carbons (Fsp3) is 0.294. The van der Waals surface area contributed by atoms with E-state index in [9.17, 15) is 15.0 Å². The third kappa shape index (κ3) is 7.28. The molecule has 0 unspecified atom stereocenters. The van der Waals surface area contributed by atoms with Crippen molar-refractivity contribution >= 4 is 11.6 Å². The Morgan fingerprint density at radius 2 is 1.79 bits per heavy atom. The molecule has 3 N–H and O–H groups in total. The van der Waals surface area contributed by atoms with Gasteiger partial charge >= 0.3 is 0 Å². The second-order valence-electron chi connectivity index (χ2n) is 10.7. The van der Waals surface area contributed by atoms with Gasteiger partial charge in [0.15, 0.2) is 6.29 Å². The Morgan fingerprint density at radius 3 is 2.50 bits per heavy atom. The van der Waals surface area contributed by atoms with Crippen molar-refractivity contribution in [2.75, 3.05) is 18.9 Å². The summed E-state index contributed by atoms with van der Waals surface area (Å²) in [6.45, 7) is 2.56. The zero-order valence-electron chi connectivity index (χ0n) is 23.8. The van der Waals surface area contributed by atoms with E-state index in [2.05, 4.69) is 15.2 Å². The summed E-state index contributed by atoms with van der Waals surface area (Å²) in [7, 11) is 1.99. The van der Waals surface area contributed by atoms with E-state index in [1.807, 2.05) is 92.8 Å². The van der Waals surface area contributed by atoms with Crippen molar-refractivity contribution in [3.05, 3.63) is 131 Å². The van der Waals surface area contributed by atoms with E-state index in [0.29, 0.717) is 24.2 Å². The van der Waals surface area contributed by atoms with Crippen LogP contribution in [-0.2, 0) is 16.1 Å². The number of ether oxygens (including phenoxy) is 2. The van der Waals surface area contributed by atoms with E-state index in [1.165, 1.54) is 6.20 Å². The Hall–Kier alpha value is -3.92. The molecule has 0 bridgehead atoms. The van der Waals surface area contributed by atoms with Gasteiger partial charge in [0.1, 0.15) is 0 Å². The van der Waals surface area contributed by atoms with Gasteiger partial charge in [-0.05, 0) is 54.9 Å². The third-order valence-corrected chi connectivity index (χ3v) is 7.74. The van der Waals surface area contributed by atoms with Gasteiger partial charge in [-0.25, -0.2) is 0 Å². The molecule has 1 amide bonds. The minimum Gasteiger partial charge on any atom is -0.392 e. The van der Waals surface area contributed by atoms with Crippen LogP contribution in [0.3, 0.4) is 0 Å². The van der Waals surface area contributed by atoms with Crippen LogP contribution in [0.25, 0.3) is 0 Å². The van der Waals surface area contributed by atoms with Gasteiger partial charge < -0.3 is 25.0 Å². The third-order valence-electron chi connectivity index (χ3n) is 7.74. The fourth-order valence-corrected chi connectivity index (χ4v) is 5.15. The topological polar surface area (TPSA) is 104 Å². The number of aromatic nitrogens is 1. The molecule has 2 heterocycles. The molecule has 8 heteroatoms. The molecule has 4 aromatic rings. The van der Waals surface area contributed by atoms with Crippen molar-refractivity contribution in [2.45, 2.75) is 50.6 Å². The average Bonchev–Trinajstić information content (AvgIpc) is 3.04. The number of rotatable bonds is 10. The number of likely N-dealkylation sites (N-methyl/N-ethyl adjacent to an activating group) is 1. The minimum atomic E-state index is -0.677. The van der Waals surface area contributed by atoms with Gasteiger partial charge in [-0.1, -0.05) is 66.7 Å². The molecule has 1 aromatic heterocycles. The summed E-state index contributed by atoms with van der Waals surface area (Å²) in [6.07, 6.45) is 1.99. The Bertz CT molecular complexity index is 1430. The molecule has 3 aromatic carbocycles. The molecule has 8 nitrogen and oxygen atoms in total. The summed E-state index contributed by atoms with van der Waals surface area (Å²) >= 11 is 0. The number of aliphatic hydroxyl groups excluding tert-OH is 2. The SMILES string of the molecule is C[C@@H]([C@H](O)c1ccccc1)N(C)C[C@@H]1C[C@H](c2ccc(CO)cc2)O[C@H](c2cccc(NC(=O)c3cccnc3)c2)O1. The molecular formula is C34H37N3O5. The number of amides is 1. The summed E-state index contributed by atoms with van der Waals surface area (Å²) in [5, 5.41) is 23.4. The molecule has 218 valence electrons. The summed E-state index contributed by atoms with van der Waals surface area (Å²) < 4.78 is 13.0. The van der Waals surface area contributed by atoms with E-state index in [1.54, 1.807) is 18.3 Å². The Labute approximate surface area is 246 Å². The van der Waals surface area contributed by atoms with Gasteiger partial charge in [-0.15, -0.1) is 0 Å². The van der Waals surface area contributed by atoms with Crippen molar-refractivity contribution in [3.8, 4) is 0 Å². The molecular weight excluding hydrogens is 530 g/mol. The van der Waals surface area contributed by atoms with Crippen molar-refractivity contribution in [3.63, 3.8) is 0 Å². The average molecular weight is 568 g/mol. The maximum atomic E-state index is 12.7. The lowest BCUT2D eigenvalue weighted by molar-refractivity contribution is -0.253. The monoisotopic (exact) mass is 567 g/mol. The second-order valence-corrected chi connectivity index (χ2v) is 10.7. The maximum absolute atomic E-state index is 12.7. The molecule has 42 heavy (non-hydrogen) atoms. The molecule has 1 aliphatic rings. The van der Waals surface area contributed by atoms with Crippen LogP contribution in [0.5, 0.6) is 0 Å². The van der Waals surface area contributed by atoms with Crippen LogP contribution < -0.4 is 5.32 Å². The lowest BCUT2D eigenvalue weighted by atomic mass is 9.98. The first-order valence-electron chi connectivity index (χ1n) is 14.2. The van der Waals surface area contributed by atoms with Crippen molar-refractivity contribution in [2.24, 2.45) is 0 Å². The summed E-state index contributed by atoms with van der Waals surface area (Å²) in [6, 6.07) is 28.2. The molecule has 1 fully saturated rings. The van der Waals surface area contributed by atoms with Crippen LogP contribution in [0.4, 0.5) is 5.69 Å². The lowest BCUT2D eigenvalue weighted by Crippen LogP contribution is -2.43. The van der Waals surface area contributed by atoms with E-state index in [0.717, 1.165) is 22.3 Å². The summed E-state index contributed by atoms with van der Waals surface area (Å²) in [5.41, 5.74) is 4.56. The smallest absolute Gasteiger partial charge is 0.257 e. The zero-order valence-corrected chi connectivity index (χ0v) is 23.8. The van der Waals surface area contributed by atoms with Crippen LogP contribution in [-0.4, -0.2) is 51.7 Å². The number of pyridine rings is 1. The van der Waals surface area contributed by atoms with Gasteiger partial charge in [0.25, 0.3) is 5.91 Å². The number of aliphatic hydroxyl groups is 2. The first-order chi connectivity index (χ1) is 20.4. The largest absolute Gasteiger partial charge is 0.392 e. The number of nitrogens with zero attached hydrogens (tertiary/aromatic N) is 2. The van der Waals surface area contributed by atoms with Gasteiger partial charge in [-0.3, -0.25) is 14.7 Å². The molecule has 5 atom stereocenters. The van der Waals surface area contributed by atoms with Crippen LogP contribution in [0, 0.1) is 0 Å². The van der Waals surface area contributed by atoms with Crippen LogP contribution in [0.1, 0.15) is 64.5 Å². The first-order valence-corrected chi connectivity index (χ1v) is 14.2. The van der Waals surface area contributed by atoms with Crippen molar-refractivity contribution in [1.29, 1.82) is 0 Å².